The predicted molar refractivity (Wildman–Crippen MR) is 138 cm³/mol. The van der Waals surface area contributed by atoms with Crippen molar-refractivity contribution in [2.24, 2.45) is 15.4 Å². The zero-order chi connectivity index (χ0) is 24.5. The Balaban J connectivity index is 1.35. The van der Waals surface area contributed by atoms with Crippen LogP contribution in [0, 0.1) is 16.7 Å². The summed E-state index contributed by atoms with van der Waals surface area (Å²) in [5.41, 5.74) is 0.373. The molecule has 0 amide bonds. The SMILES string of the molecule is COCCNC1CCC(Nc2cc(C3=NCCC(=NCC4(C#N)CCOCC4)N3)c(Cl)cn2)CC1. The second kappa shape index (κ2) is 12.6. The minimum atomic E-state index is -0.439. The number of hydrogen-bond donors (Lipinski definition) is 3. The maximum atomic E-state index is 9.71. The molecule has 1 saturated heterocycles. The highest BCUT2D eigenvalue weighted by atomic mass is 35.5. The van der Waals surface area contributed by atoms with Crippen LogP contribution in [0.3, 0.4) is 0 Å². The molecule has 3 N–H and O–H groups in total. The van der Waals surface area contributed by atoms with Gasteiger partial charge in [-0.3, -0.25) is 9.98 Å². The number of ether oxygens (including phenoxy) is 2. The molecule has 2 fully saturated rings. The van der Waals surface area contributed by atoms with Crippen molar-refractivity contribution < 1.29 is 9.47 Å². The van der Waals surface area contributed by atoms with E-state index in [4.69, 9.17) is 26.1 Å². The summed E-state index contributed by atoms with van der Waals surface area (Å²) in [6, 6.07) is 5.38. The fraction of sp³-hybridized carbons (Fsp3) is 0.680. The monoisotopic (exact) mass is 501 g/mol. The van der Waals surface area contributed by atoms with E-state index in [1.54, 1.807) is 13.3 Å². The number of anilines is 1. The van der Waals surface area contributed by atoms with Crippen LogP contribution in [0.5, 0.6) is 0 Å². The number of aromatic nitrogens is 1. The Kier molecular flexibility index (Phi) is 9.32. The van der Waals surface area contributed by atoms with Crippen LogP contribution in [-0.4, -0.2) is 75.3 Å². The van der Waals surface area contributed by atoms with E-state index in [0.717, 1.165) is 75.3 Å². The van der Waals surface area contributed by atoms with Crippen molar-refractivity contribution in [2.75, 3.05) is 51.9 Å². The van der Waals surface area contributed by atoms with E-state index in [0.29, 0.717) is 49.2 Å². The third kappa shape index (κ3) is 7.14. The van der Waals surface area contributed by atoms with E-state index in [1.807, 2.05) is 6.07 Å². The first kappa shape index (κ1) is 25.8. The molecule has 0 atom stereocenters. The van der Waals surface area contributed by atoms with Gasteiger partial charge in [0.15, 0.2) is 0 Å². The molecule has 10 heteroatoms. The highest BCUT2D eigenvalue weighted by Gasteiger charge is 2.33. The first-order chi connectivity index (χ1) is 17.1. The molecular formula is C25H36ClN7O2. The first-order valence-corrected chi connectivity index (χ1v) is 13.0. The summed E-state index contributed by atoms with van der Waals surface area (Å²) in [6.45, 7) is 3.98. The summed E-state index contributed by atoms with van der Waals surface area (Å²) >= 11 is 6.52. The molecule has 3 aliphatic rings. The number of aliphatic imine (C=N–C) groups is 2. The van der Waals surface area contributed by atoms with Crippen LogP contribution < -0.4 is 16.0 Å². The van der Waals surface area contributed by atoms with Gasteiger partial charge in [0.2, 0.25) is 0 Å². The molecule has 1 aromatic heterocycles. The van der Waals surface area contributed by atoms with Gasteiger partial charge in [0.1, 0.15) is 17.5 Å². The van der Waals surface area contributed by atoms with Crippen molar-refractivity contribution in [2.45, 2.75) is 57.0 Å². The Labute approximate surface area is 212 Å². The summed E-state index contributed by atoms with van der Waals surface area (Å²) in [4.78, 5) is 13.9. The lowest BCUT2D eigenvalue weighted by atomic mass is 9.82. The fourth-order valence-electron chi connectivity index (χ4n) is 4.81. The molecular weight excluding hydrogens is 466 g/mol. The summed E-state index contributed by atoms with van der Waals surface area (Å²) in [6.07, 6.45) is 8.28. The van der Waals surface area contributed by atoms with Crippen molar-refractivity contribution in [3.05, 3.63) is 22.8 Å². The van der Waals surface area contributed by atoms with Crippen molar-refractivity contribution in [1.29, 1.82) is 5.26 Å². The Morgan fingerprint density at radius 3 is 2.80 bits per heavy atom. The molecule has 2 aliphatic heterocycles. The van der Waals surface area contributed by atoms with Gasteiger partial charge in [-0.1, -0.05) is 11.6 Å². The van der Waals surface area contributed by atoms with Crippen molar-refractivity contribution >= 4 is 29.1 Å². The Morgan fingerprint density at radius 1 is 1.29 bits per heavy atom. The van der Waals surface area contributed by atoms with Crippen LogP contribution in [-0.2, 0) is 9.47 Å². The third-order valence-electron chi connectivity index (χ3n) is 7.07. The average Bonchev–Trinajstić information content (AvgIpc) is 2.90. The molecule has 0 unspecified atom stereocenters. The zero-order valence-electron chi connectivity index (χ0n) is 20.5. The molecule has 0 spiro atoms. The van der Waals surface area contributed by atoms with Crippen LogP contribution in [0.15, 0.2) is 22.2 Å². The van der Waals surface area contributed by atoms with Crippen molar-refractivity contribution in [3.8, 4) is 6.07 Å². The number of pyridine rings is 1. The van der Waals surface area contributed by atoms with Crippen LogP contribution >= 0.6 is 11.6 Å². The molecule has 0 aromatic carbocycles. The molecule has 1 aliphatic carbocycles. The molecule has 3 heterocycles. The molecule has 0 radical (unpaired) electrons. The van der Waals surface area contributed by atoms with Crippen LogP contribution in [0.25, 0.3) is 0 Å². The quantitative estimate of drug-likeness (QED) is 0.445. The number of nitrogens with one attached hydrogen (secondary N) is 3. The van der Waals surface area contributed by atoms with Crippen molar-refractivity contribution in [3.63, 3.8) is 0 Å². The maximum absolute atomic E-state index is 9.71. The van der Waals surface area contributed by atoms with Gasteiger partial charge >= 0.3 is 0 Å². The van der Waals surface area contributed by atoms with Gasteiger partial charge in [-0.05, 0) is 44.6 Å². The fourth-order valence-corrected chi connectivity index (χ4v) is 5.01. The van der Waals surface area contributed by atoms with Gasteiger partial charge in [0, 0.05) is 63.7 Å². The second-order valence-electron chi connectivity index (χ2n) is 9.56. The standard InChI is InChI=1S/C25H36ClN7O2/c1-34-13-10-28-18-2-4-19(5-3-18)32-23-14-20(21(26)15-30-23)24-29-9-6-22(33-24)31-17-25(16-27)7-11-35-12-8-25/h14-15,18-19,28H,2-13,17H2,1H3,(H,30,32)(H,29,31,33). The number of hydrogen-bond acceptors (Lipinski definition) is 8. The average molecular weight is 502 g/mol. The Bertz CT molecular complexity index is 948. The summed E-state index contributed by atoms with van der Waals surface area (Å²) in [5, 5.41) is 20.8. The number of nitriles is 1. The molecule has 4 rings (SSSR count). The largest absolute Gasteiger partial charge is 0.383 e. The molecule has 0 bridgehead atoms. The Hall–Kier alpha value is -2.25. The number of nitrogens with zero attached hydrogens (tertiary/aromatic N) is 4. The lowest BCUT2D eigenvalue weighted by Crippen LogP contribution is -2.39. The minimum Gasteiger partial charge on any atom is -0.383 e. The second-order valence-corrected chi connectivity index (χ2v) is 9.97. The molecule has 1 saturated carbocycles. The van der Waals surface area contributed by atoms with E-state index in [2.05, 4.69) is 32.0 Å². The van der Waals surface area contributed by atoms with Gasteiger partial charge in [-0.25, -0.2) is 4.98 Å². The lowest BCUT2D eigenvalue weighted by molar-refractivity contribution is 0.0441. The topological polar surface area (TPSA) is 116 Å². The Morgan fingerprint density at radius 2 is 2.06 bits per heavy atom. The van der Waals surface area contributed by atoms with E-state index in [9.17, 15) is 5.26 Å². The van der Waals surface area contributed by atoms with Crippen LogP contribution in [0.2, 0.25) is 5.02 Å². The molecule has 35 heavy (non-hydrogen) atoms. The van der Waals surface area contributed by atoms with E-state index < -0.39 is 5.41 Å². The number of methoxy groups -OCH3 is 1. The minimum absolute atomic E-state index is 0.386. The van der Waals surface area contributed by atoms with Gasteiger partial charge < -0.3 is 25.4 Å². The van der Waals surface area contributed by atoms with Gasteiger partial charge in [0.25, 0.3) is 0 Å². The van der Waals surface area contributed by atoms with Crippen molar-refractivity contribution in [1.82, 2.24) is 15.6 Å². The predicted octanol–water partition coefficient (Wildman–Crippen LogP) is 3.15. The summed E-state index contributed by atoms with van der Waals surface area (Å²) in [7, 11) is 1.73. The lowest BCUT2D eigenvalue weighted by Gasteiger charge is -2.30. The highest BCUT2D eigenvalue weighted by molar-refractivity contribution is 6.34. The smallest absolute Gasteiger partial charge is 0.135 e. The van der Waals surface area contributed by atoms with Crippen LogP contribution in [0.4, 0.5) is 5.82 Å². The summed E-state index contributed by atoms with van der Waals surface area (Å²) in [5.74, 6) is 2.35. The van der Waals surface area contributed by atoms with Gasteiger partial charge in [-0.2, -0.15) is 5.26 Å². The third-order valence-corrected chi connectivity index (χ3v) is 7.37. The first-order valence-electron chi connectivity index (χ1n) is 12.6. The molecule has 9 nitrogen and oxygen atoms in total. The molecule has 1 aromatic rings. The van der Waals surface area contributed by atoms with Gasteiger partial charge in [0.05, 0.1) is 29.7 Å². The normalized spacial score (nSPS) is 25.4. The van der Waals surface area contributed by atoms with E-state index >= 15 is 0 Å². The number of amidine groups is 2. The van der Waals surface area contributed by atoms with E-state index in [1.165, 1.54) is 0 Å². The van der Waals surface area contributed by atoms with Gasteiger partial charge in [-0.15, -0.1) is 0 Å². The number of halogens is 1. The van der Waals surface area contributed by atoms with E-state index in [-0.39, 0.29) is 0 Å². The highest BCUT2D eigenvalue weighted by Crippen LogP contribution is 2.30. The molecule has 190 valence electrons. The maximum Gasteiger partial charge on any atom is 0.135 e. The van der Waals surface area contributed by atoms with Crippen LogP contribution in [0.1, 0.15) is 50.5 Å². The summed E-state index contributed by atoms with van der Waals surface area (Å²) < 4.78 is 10.6. The zero-order valence-corrected chi connectivity index (χ0v) is 21.2. The number of rotatable bonds is 9.